The first-order valence-corrected chi connectivity index (χ1v) is 6.56. The number of hydrogen-bond donors (Lipinski definition) is 2. The van der Waals surface area contributed by atoms with Crippen LogP contribution in [-0.4, -0.2) is 36.2 Å². The molecule has 0 radical (unpaired) electrons. The number of nitrogens with zero attached hydrogens (tertiary/aromatic N) is 1. The summed E-state index contributed by atoms with van der Waals surface area (Å²) in [6.45, 7) is 2.71. The predicted octanol–water partition coefficient (Wildman–Crippen LogP) is 2.11. The van der Waals surface area contributed by atoms with Gasteiger partial charge >= 0.3 is 0 Å². The molecule has 0 saturated carbocycles. The van der Waals surface area contributed by atoms with Gasteiger partial charge in [-0.25, -0.2) is 4.39 Å². The quantitative estimate of drug-likeness (QED) is 0.861. The van der Waals surface area contributed by atoms with E-state index in [2.05, 4.69) is 10.2 Å². The van der Waals surface area contributed by atoms with Crippen molar-refractivity contribution < 1.29 is 9.50 Å². The standard InChI is InChI=1S/C14H21FN2O/c1-16-9-13-4-2-3-5-17(13)10-11-6-12(15)8-14(18)7-11/h6-8,13,16,18H,2-5,9-10H2,1H3. The fourth-order valence-electron chi connectivity index (χ4n) is 2.69. The van der Waals surface area contributed by atoms with Crippen molar-refractivity contribution in [2.45, 2.75) is 31.8 Å². The van der Waals surface area contributed by atoms with Crippen LogP contribution in [0.15, 0.2) is 18.2 Å². The monoisotopic (exact) mass is 252 g/mol. The second kappa shape index (κ2) is 6.16. The number of aromatic hydroxyl groups is 1. The summed E-state index contributed by atoms with van der Waals surface area (Å²) in [6, 6.07) is 4.80. The van der Waals surface area contributed by atoms with E-state index in [9.17, 15) is 9.50 Å². The lowest BCUT2D eigenvalue weighted by Crippen LogP contribution is -2.44. The molecular formula is C14H21FN2O. The topological polar surface area (TPSA) is 35.5 Å². The van der Waals surface area contributed by atoms with Crippen molar-refractivity contribution in [2.75, 3.05) is 20.1 Å². The zero-order valence-electron chi connectivity index (χ0n) is 10.8. The Kier molecular flexibility index (Phi) is 4.55. The number of likely N-dealkylation sites (tertiary alicyclic amines) is 1. The van der Waals surface area contributed by atoms with Crippen molar-refractivity contribution in [3.63, 3.8) is 0 Å². The molecule has 1 heterocycles. The van der Waals surface area contributed by atoms with Gasteiger partial charge in [0.25, 0.3) is 0 Å². The molecule has 1 atom stereocenters. The maximum absolute atomic E-state index is 13.2. The lowest BCUT2D eigenvalue weighted by Gasteiger charge is -2.35. The van der Waals surface area contributed by atoms with E-state index >= 15 is 0 Å². The van der Waals surface area contributed by atoms with Crippen LogP contribution >= 0.6 is 0 Å². The van der Waals surface area contributed by atoms with Crippen molar-refractivity contribution in [1.29, 1.82) is 0 Å². The predicted molar refractivity (Wildman–Crippen MR) is 70.0 cm³/mol. The highest BCUT2D eigenvalue weighted by molar-refractivity contribution is 5.28. The van der Waals surface area contributed by atoms with Crippen molar-refractivity contribution in [1.82, 2.24) is 10.2 Å². The lowest BCUT2D eigenvalue weighted by molar-refractivity contribution is 0.139. The first-order valence-electron chi connectivity index (χ1n) is 6.56. The van der Waals surface area contributed by atoms with E-state index in [4.69, 9.17) is 0 Å². The van der Waals surface area contributed by atoms with Crippen LogP contribution in [0.25, 0.3) is 0 Å². The smallest absolute Gasteiger partial charge is 0.127 e. The van der Waals surface area contributed by atoms with Gasteiger partial charge in [-0.05, 0) is 44.1 Å². The van der Waals surface area contributed by atoms with Gasteiger partial charge in [0.1, 0.15) is 11.6 Å². The SMILES string of the molecule is CNCC1CCCCN1Cc1cc(O)cc(F)c1. The largest absolute Gasteiger partial charge is 0.508 e. The molecule has 1 aliphatic rings. The number of hydrogen-bond acceptors (Lipinski definition) is 3. The molecule has 0 amide bonds. The number of benzene rings is 1. The molecule has 1 aliphatic heterocycles. The van der Waals surface area contributed by atoms with Crippen LogP contribution in [0.1, 0.15) is 24.8 Å². The zero-order valence-corrected chi connectivity index (χ0v) is 10.8. The molecule has 4 heteroatoms. The normalized spacial score (nSPS) is 21.1. The van der Waals surface area contributed by atoms with Crippen LogP contribution in [-0.2, 0) is 6.54 Å². The molecule has 1 saturated heterocycles. The lowest BCUT2D eigenvalue weighted by atomic mass is 10.0. The average Bonchev–Trinajstić information content (AvgIpc) is 2.30. The van der Waals surface area contributed by atoms with Crippen LogP contribution in [0.4, 0.5) is 4.39 Å². The van der Waals surface area contributed by atoms with Crippen LogP contribution < -0.4 is 5.32 Å². The summed E-state index contributed by atoms with van der Waals surface area (Å²) in [5, 5.41) is 12.6. The minimum atomic E-state index is -0.368. The number of rotatable bonds is 4. The highest BCUT2D eigenvalue weighted by atomic mass is 19.1. The van der Waals surface area contributed by atoms with E-state index in [1.165, 1.54) is 25.3 Å². The first kappa shape index (κ1) is 13.3. The summed E-state index contributed by atoms with van der Waals surface area (Å²) >= 11 is 0. The van der Waals surface area contributed by atoms with Gasteiger partial charge in [0.05, 0.1) is 0 Å². The average molecular weight is 252 g/mol. The fraction of sp³-hybridized carbons (Fsp3) is 0.571. The number of halogens is 1. The highest BCUT2D eigenvalue weighted by Crippen LogP contribution is 2.21. The Labute approximate surface area is 108 Å². The molecule has 3 nitrogen and oxygen atoms in total. The molecule has 18 heavy (non-hydrogen) atoms. The third-order valence-corrected chi connectivity index (χ3v) is 3.52. The van der Waals surface area contributed by atoms with Gasteiger partial charge < -0.3 is 10.4 Å². The Hall–Kier alpha value is -1.13. The van der Waals surface area contributed by atoms with E-state index in [0.717, 1.165) is 24.7 Å². The Morgan fingerprint density at radius 2 is 2.22 bits per heavy atom. The van der Waals surface area contributed by atoms with Crippen molar-refractivity contribution >= 4 is 0 Å². The summed E-state index contributed by atoms with van der Waals surface area (Å²) in [5.74, 6) is -0.362. The maximum Gasteiger partial charge on any atom is 0.127 e. The number of phenols is 1. The van der Waals surface area contributed by atoms with Crippen molar-refractivity contribution in [2.24, 2.45) is 0 Å². The summed E-state index contributed by atoms with van der Waals surface area (Å²) in [7, 11) is 1.96. The molecule has 100 valence electrons. The number of piperidine rings is 1. The van der Waals surface area contributed by atoms with Crippen LogP contribution in [0, 0.1) is 5.82 Å². The van der Waals surface area contributed by atoms with Gasteiger partial charge in [0.15, 0.2) is 0 Å². The maximum atomic E-state index is 13.2. The third-order valence-electron chi connectivity index (χ3n) is 3.52. The second-order valence-corrected chi connectivity index (χ2v) is 5.00. The number of likely N-dealkylation sites (N-methyl/N-ethyl adjacent to an activating group) is 1. The fourth-order valence-corrected chi connectivity index (χ4v) is 2.69. The molecule has 0 aromatic heterocycles. The highest BCUT2D eigenvalue weighted by Gasteiger charge is 2.21. The molecule has 2 N–H and O–H groups in total. The van der Waals surface area contributed by atoms with Crippen LogP contribution in [0.2, 0.25) is 0 Å². The third kappa shape index (κ3) is 3.43. The van der Waals surface area contributed by atoms with E-state index in [1.54, 1.807) is 6.07 Å². The molecule has 0 aliphatic carbocycles. The first-order chi connectivity index (χ1) is 8.69. The Balaban J connectivity index is 2.05. The van der Waals surface area contributed by atoms with Gasteiger partial charge in [-0.1, -0.05) is 6.42 Å². The van der Waals surface area contributed by atoms with Crippen LogP contribution in [0.5, 0.6) is 5.75 Å². The van der Waals surface area contributed by atoms with E-state index in [0.29, 0.717) is 12.6 Å². The summed E-state index contributed by atoms with van der Waals surface area (Å²) < 4.78 is 13.2. The minimum Gasteiger partial charge on any atom is -0.508 e. The molecule has 2 rings (SSSR count). The van der Waals surface area contributed by atoms with E-state index in [1.807, 2.05) is 7.05 Å². The van der Waals surface area contributed by atoms with Gasteiger partial charge in [-0.15, -0.1) is 0 Å². The summed E-state index contributed by atoms with van der Waals surface area (Å²) in [5.41, 5.74) is 0.843. The minimum absolute atomic E-state index is 0.00664. The Morgan fingerprint density at radius 1 is 1.39 bits per heavy atom. The van der Waals surface area contributed by atoms with E-state index < -0.39 is 0 Å². The molecule has 1 unspecified atom stereocenters. The summed E-state index contributed by atoms with van der Waals surface area (Å²) in [6.07, 6.45) is 3.64. The van der Waals surface area contributed by atoms with Crippen molar-refractivity contribution in [3.05, 3.63) is 29.6 Å². The molecule has 1 fully saturated rings. The Morgan fingerprint density at radius 3 is 2.94 bits per heavy atom. The summed E-state index contributed by atoms with van der Waals surface area (Å²) in [4.78, 5) is 2.37. The molecule has 1 aromatic rings. The molecule has 0 spiro atoms. The molecular weight excluding hydrogens is 231 g/mol. The molecule has 1 aromatic carbocycles. The van der Waals surface area contributed by atoms with Gasteiger partial charge in [0, 0.05) is 25.2 Å². The number of nitrogens with one attached hydrogen (secondary N) is 1. The van der Waals surface area contributed by atoms with Gasteiger partial charge in [0.2, 0.25) is 0 Å². The van der Waals surface area contributed by atoms with Gasteiger partial charge in [-0.3, -0.25) is 4.90 Å². The van der Waals surface area contributed by atoms with Gasteiger partial charge in [-0.2, -0.15) is 0 Å². The zero-order chi connectivity index (χ0) is 13.0. The van der Waals surface area contributed by atoms with Crippen LogP contribution in [0.3, 0.4) is 0 Å². The van der Waals surface area contributed by atoms with E-state index in [-0.39, 0.29) is 11.6 Å². The molecule has 0 bridgehead atoms. The number of phenolic OH excluding ortho intramolecular Hbond substituents is 1. The second-order valence-electron chi connectivity index (χ2n) is 5.00. The van der Waals surface area contributed by atoms with Crippen molar-refractivity contribution in [3.8, 4) is 5.75 Å². The Bertz CT molecular complexity index is 375.